The third-order valence-corrected chi connectivity index (χ3v) is 4.13. The first-order valence-corrected chi connectivity index (χ1v) is 8.58. The van der Waals surface area contributed by atoms with Crippen LogP contribution < -0.4 is 20.1 Å². The summed E-state index contributed by atoms with van der Waals surface area (Å²) >= 11 is 5.91. The Kier molecular flexibility index (Phi) is 4.76. The van der Waals surface area contributed by atoms with Gasteiger partial charge in [-0.3, -0.25) is 4.79 Å². The van der Waals surface area contributed by atoms with Crippen LogP contribution in [0.15, 0.2) is 54.6 Å². The van der Waals surface area contributed by atoms with Crippen LogP contribution >= 0.6 is 11.6 Å². The molecule has 1 aromatic heterocycles. The SMILES string of the molecule is O=C(Nc1cccc(Cl)c1)c1ccc(NCc2ccc3c(c2)OCO3)nn1. The number of ether oxygens (including phenoxy) is 2. The van der Waals surface area contributed by atoms with Crippen molar-refractivity contribution in [1.29, 1.82) is 0 Å². The van der Waals surface area contributed by atoms with Gasteiger partial charge < -0.3 is 20.1 Å². The Balaban J connectivity index is 1.36. The van der Waals surface area contributed by atoms with Crippen LogP contribution in [-0.4, -0.2) is 22.9 Å². The molecule has 8 heteroatoms. The summed E-state index contributed by atoms with van der Waals surface area (Å²) in [7, 11) is 0. The van der Waals surface area contributed by atoms with Crippen molar-refractivity contribution in [2.75, 3.05) is 17.4 Å². The Bertz CT molecular complexity index is 979. The molecule has 0 saturated heterocycles. The number of carbonyl (C=O) groups is 1. The summed E-state index contributed by atoms with van der Waals surface area (Å²) in [6.07, 6.45) is 0. The number of hydrogen-bond acceptors (Lipinski definition) is 6. The molecule has 0 bridgehead atoms. The third-order valence-electron chi connectivity index (χ3n) is 3.89. The largest absolute Gasteiger partial charge is 0.454 e. The topological polar surface area (TPSA) is 85.4 Å². The normalized spacial score (nSPS) is 11.9. The van der Waals surface area contributed by atoms with Gasteiger partial charge in [-0.2, -0.15) is 0 Å². The average molecular weight is 383 g/mol. The van der Waals surface area contributed by atoms with Crippen molar-refractivity contribution in [3.8, 4) is 11.5 Å². The maximum absolute atomic E-state index is 12.2. The van der Waals surface area contributed by atoms with Gasteiger partial charge in [0, 0.05) is 17.3 Å². The van der Waals surface area contributed by atoms with Gasteiger partial charge in [0.15, 0.2) is 17.2 Å². The van der Waals surface area contributed by atoms with Crippen molar-refractivity contribution in [1.82, 2.24) is 10.2 Å². The van der Waals surface area contributed by atoms with Crippen LogP contribution in [0.2, 0.25) is 5.02 Å². The average Bonchev–Trinajstić information content (AvgIpc) is 3.14. The summed E-state index contributed by atoms with van der Waals surface area (Å²) < 4.78 is 10.6. The molecule has 27 heavy (non-hydrogen) atoms. The van der Waals surface area contributed by atoms with Gasteiger partial charge in [-0.05, 0) is 48.0 Å². The summed E-state index contributed by atoms with van der Waals surface area (Å²) in [5.74, 6) is 1.68. The van der Waals surface area contributed by atoms with Gasteiger partial charge in [-0.1, -0.05) is 23.7 Å². The number of carbonyl (C=O) groups excluding carboxylic acids is 1. The molecule has 2 aromatic carbocycles. The smallest absolute Gasteiger partial charge is 0.276 e. The Hall–Kier alpha value is -3.32. The lowest BCUT2D eigenvalue weighted by molar-refractivity contribution is 0.102. The van der Waals surface area contributed by atoms with Crippen LogP contribution in [0.3, 0.4) is 0 Å². The molecule has 0 atom stereocenters. The Labute approximate surface area is 160 Å². The molecule has 136 valence electrons. The summed E-state index contributed by atoms with van der Waals surface area (Å²) in [4.78, 5) is 12.2. The second-order valence-corrected chi connectivity index (χ2v) is 6.25. The highest BCUT2D eigenvalue weighted by Crippen LogP contribution is 2.32. The number of halogens is 1. The number of rotatable bonds is 5. The minimum Gasteiger partial charge on any atom is -0.454 e. The zero-order chi connectivity index (χ0) is 18.6. The minimum atomic E-state index is -0.355. The molecule has 1 aliphatic rings. The zero-order valence-electron chi connectivity index (χ0n) is 14.1. The lowest BCUT2D eigenvalue weighted by atomic mass is 10.2. The van der Waals surface area contributed by atoms with Crippen LogP contribution in [0, 0.1) is 0 Å². The van der Waals surface area contributed by atoms with E-state index in [1.165, 1.54) is 0 Å². The van der Waals surface area contributed by atoms with Crippen LogP contribution in [0.4, 0.5) is 11.5 Å². The molecule has 0 saturated carbocycles. The molecule has 2 N–H and O–H groups in total. The molecule has 0 radical (unpaired) electrons. The number of benzene rings is 2. The van der Waals surface area contributed by atoms with Crippen molar-refractivity contribution in [3.63, 3.8) is 0 Å². The van der Waals surface area contributed by atoms with Crippen molar-refractivity contribution in [2.45, 2.75) is 6.54 Å². The van der Waals surface area contributed by atoms with E-state index in [2.05, 4.69) is 20.8 Å². The number of aromatic nitrogens is 2. The molecule has 0 unspecified atom stereocenters. The van der Waals surface area contributed by atoms with E-state index in [1.807, 2.05) is 18.2 Å². The van der Waals surface area contributed by atoms with Crippen molar-refractivity contribution in [3.05, 3.63) is 70.9 Å². The second-order valence-electron chi connectivity index (χ2n) is 5.81. The van der Waals surface area contributed by atoms with Crippen LogP contribution in [0.1, 0.15) is 16.1 Å². The highest BCUT2D eigenvalue weighted by Gasteiger charge is 2.13. The molecule has 0 fully saturated rings. The van der Waals surface area contributed by atoms with E-state index in [0.717, 1.165) is 17.1 Å². The number of nitrogens with zero attached hydrogens (tertiary/aromatic N) is 2. The van der Waals surface area contributed by atoms with Gasteiger partial charge in [0.05, 0.1) is 0 Å². The van der Waals surface area contributed by atoms with Gasteiger partial charge in [0.25, 0.3) is 5.91 Å². The third kappa shape index (κ3) is 4.09. The summed E-state index contributed by atoms with van der Waals surface area (Å²) in [6, 6.07) is 15.9. The summed E-state index contributed by atoms with van der Waals surface area (Å²) in [5, 5.41) is 14.4. The van der Waals surface area contributed by atoms with Gasteiger partial charge in [0.2, 0.25) is 6.79 Å². The maximum Gasteiger partial charge on any atom is 0.276 e. The van der Waals surface area contributed by atoms with E-state index >= 15 is 0 Å². The molecule has 1 amide bonds. The molecule has 0 spiro atoms. The maximum atomic E-state index is 12.2. The van der Waals surface area contributed by atoms with Gasteiger partial charge in [-0.15, -0.1) is 10.2 Å². The summed E-state index contributed by atoms with van der Waals surface area (Å²) in [5.41, 5.74) is 1.83. The van der Waals surface area contributed by atoms with Gasteiger partial charge in [0.1, 0.15) is 5.82 Å². The van der Waals surface area contributed by atoms with Crippen LogP contribution in [0.5, 0.6) is 11.5 Å². The number of fused-ring (bicyclic) bond motifs is 1. The van der Waals surface area contributed by atoms with Crippen molar-refractivity contribution in [2.24, 2.45) is 0 Å². The van der Waals surface area contributed by atoms with E-state index < -0.39 is 0 Å². The van der Waals surface area contributed by atoms with E-state index in [0.29, 0.717) is 23.1 Å². The Morgan fingerprint density at radius 3 is 2.74 bits per heavy atom. The summed E-state index contributed by atoms with van der Waals surface area (Å²) in [6.45, 7) is 0.787. The first-order valence-electron chi connectivity index (χ1n) is 8.20. The van der Waals surface area contributed by atoms with E-state index in [4.69, 9.17) is 21.1 Å². The number of nitrogens with one attached hydrogen (secondary N) is 2. The Morgan fingerprint density at radius 1 is 1.04 bits per heavy atom. The van der Waals surface area contributed by atoms with Crippen molar-refractivity contribution < 1.29 is 14.3 Å². The molecular weight excluding hydrogens is 368 g/mol. The van der Waals surface area contributed by atoms with Crippen LogP contribution in [0.25, 0.3) is 0 Å². The quantitative estimate of drug-likeness (QED) is 0.699. The van der Waals surface area contributed by atoms with Crippen LogP contribution in [-0.2, 0) is 6.54 Å². The zero-order valence-corrected chi connectivity index (χ0v) is 14.9. The fourth-order valence-electron chi connectivity index (χ4n) is 2.55. The lowest BCUT2D eigenvalue weighted by Gasteiger charge is -2.07. The second kappa shape index (κ2) is 7.51. The minimum absolute atomic E-state index is 0.212. The molecule has 1 aliphatic heterocycles. The van der Waals surface area contributed by atoms with E-state index in [-0.39, 0.29) is 18.4 Å². The molecule has 0 aliphatic carbocycles. The van der Waals surface area contributed by atoms with E-state index in [1.54, 1.807) is 36.4 Å². The lowest BCUT2D eigenvalue weighted by Crippen LogP contribution is -2.14. The fourth-order valence-corrected chi connectivity index (χ4v) is 2.74. The molecular formula is C19H15ClN4O3. The predicted molar refractivity (Wildman–Crippen MR) is 101 cm³/mol. The van der Waals surface area contributed by atoms with Crippen molar-refractivity contribution >= 4 is 29.0 Å². The molecule has 2 heterocycles. The number of hydrogen-bond donors (Lipinski definition) is 2. The van der Waals surface area contributed by atoms with Gasteiger partial charge in [-0.25, -0.2) is 0 Å². The monoisotopic (exact) mass is 382 g/mol. The fraction of sp³-hybridized carbons (Fsp3) is 0.105. The highest BCUT2D eigenvalue weighted by atomic mass is 35.5. The van der Waals surface area contributed by atoms with E-state index in [9.17, 15) is 4.79 Å². The number of anilines is 2. The Morgan fingerprint density at radius 2 is 1.93 bits per heavy atom. The van der Waals surface area contributed by atoms with Gasteiger partial charge >= 0.3 is 0 Å². The highest BCUT2D eigenvalue weighted by molar-refractivity contribution is 6.30. The number of amides is 1. The first kappa shape index (κ1) is 17.1. The first-order chi connectivity index (χ1) is 13.2. The molecule has 3 aromatic rings. The standard InChI is InChI=1S/C19H15ClN4O3/c20-13-2-1-3-14(9-13)22-19(25)15-5-7-18(24-23-15)21-10-12-4-6-16-17(8-12)27-11-26-16/h1-9H,10-11H2,(H,21,24)(H,22,25). The molecule has 7 nitrogen and oxygen atoms in total. The predicted octanol–water partition coefficient (Wildman–Crippen LogP) is 3.72. The molecule has 4 rings (SSSR count).